The number of pyridine rings is 1. The molecule has 0 saturated carbocycles. The second-order valence-electron chi connectivity index (χ2n) is 6.46. The Morgan fingerprint density at radius 3 is 2.57 bits per heavy atom. The number of aromatic nitrogens is 1. The number of benzene rings is 2. The first-order valence-electron chi connectivity index (χ1n) is 9.12. The average Bonchev–Trinajstić information content (AvgIpc) is 3.12. The number of nitrogens with zero attached hydrogens (tertiary/aromatic N) is 1. The average molecular weight is 372 g/mol. The van der Waals surface area contributed by atoms with Crippen molar-refractivity contribution >= 4 is 16.9 Å². The van der Waals surface area contributed by atoms with Gasteiger partial charge < -0.3 is 14.5 Å². The molecule has 0 aliphatic rings. The first kappa shape index (κ1) is 17.8. The van der Waals surface area contributed by atoms with Gasteiger partial charge in [0.1, 0.15) is 17.9 Å². The van der Waals surface area contributed by atoms with Crippen molar-refractivity contribution in [1.82, 2.24) is 10.3 Å². The molecule has 1 atom stereocenters. The van der Waals surface area contributed by atoms with Gasteiger partial charge >= 0.3 is 0 Å². The van der Waals surface area contributed by atoms with E-state index in [2.05, 4.69) is 10.3 Å². The van der Waals surface area contributed by atoms with Crippen molar-refractivity contribution in [2.75, 3.05) is 0 Å². The molecular weight excluding hydrogens is 352 g/mol. The molecule has 0 spiro atoms. The fourth-order valence-corrected chi connectivity index (χ4v) is 3.07. The van der Waals surface area contributed by atoms with Gasteiger partial charge in [-0.25, -0.2) is 0 Å². The Labute approximate surface area is 163 Å². The summed E-state index contributed by atoms with van der Waals surface area (Å²) >= 11 is 0. The van der Waals surface area contributed by atoms with Crippen molar-refractivity contribution < 1.29 is 13.9 Å². The molecule has 0 fully saturated rings. The summed E-state index contributed by atoms with van der Waals surface area (Å²) in [6.07, 6.45) is 1.71. The van der Waals surface area contributed by atoms with Gasteiger partial charge in [0.2, 0.25) is 0 Å². The maximum Gasteiger partial charge on any atom is 0.287 e. The molecule has 1 N–H and O–H groups in total. The van der Waals surface area contributed by atoms with E-state index in [0.29, 0.717) is 5.58 Å². The molecule has 2 aromatic heterocycles. The van der Waals surface area contributed by atoms with E-state index in [1.54, 1.807) is 6.20 Å². The normalized spacial score (nSPS) is 11.9. The maximum absolute atomic E-state index is 12.9. The predicted molar refractivity (Wildman–Crippen MR) is 107 cm³/mol. The highest BCUT2D eigenvalue weighted by atomic mass is 16.5. The van der Waals surface area contributed by atoms with E-state index in [1.807, 2.05) is 79.7 Å². The molecule has 0 saturated heterocycles. The zero-order valence-corrected chi connectivity index (χ0v) is 15.5. The lowest BCUT2D eigenvalue weighted by molar-refractivity contribution is 0.0910. The fourth-order valence-electron chi connectivity index (χ4n) is 3.07. The maximum atomic E-state index is 12.9. The van der Waals surface area contributed by atoms with Gasteiger partial charge in [-0.05, 0) is 37.3 Å². The minimum Gasteiger partial charge on any atom is -0.489 e. The minimum atomic E-state index is -0.291. The Hall–Kier alpha value is -3.60. The van der Waals surface area contributed by atoms with Crippen molar-refractivity contribution in [3.8, 4) is 5.75 Å². The Morgan fingerprint density at radius 1 is 1.04 bits per heavy atom. The number of carbonyl (C=O) groups is 1. The summed E-state index contributed by atoms with van der Waals surface area (Å²) in [5.74, 6) is 0.710. The number of para-hydroxylation sites is 2. The quantitative estimate of drug-likeness (QED) is 0.523. The number of rotatable bonds is 6. The van der Waals surface area contributed by atoms with Crippen LogP contribution in [0, 0.1) is 0 Å². The second-order valence-corrected chi connectivity index (χ2v) is 6.46. The molecule has 0 radical (unpaired) electrons. The highest BCUT2D eigenvalue weighted by Crippen LogP contribution is 2.28. The van der Waals surface area contributed by atoms with Gasteiger partial charge in [-0.15, -0.1) is 0 Å². The van der Waals surface area contributed by atoms with Gasteiger partial charge in [-0.1, -0.05) is 42.5 Å². The van der Waals surface area contributed by atoms with Crippen LogP contribution >= 0.6 is 0 Å². The van der Waals surface area contributed by atoms with Crippen molar-refractivity contribution in [2.24, 2.45) is 0 Å². The lowest BCUT2D eigenvalue weighted by Crippen LogP contribution is -2.27. The van der Waals surface area contributed by atoms with Crippen molar-refractivity contribution in [3.63, 3.8) is 0 Å². The number of fused-ring (bicyclic) bond motifs is 1. The number of ether oxygens (including phenoxy) is 1. The molecule has 140 valence electrons. The fraction of sp³-hybridized carbons (Fsp3) is 0.130. The first-order chi connectivity index (χ1) is 13.7. The zero-order valence-electron chi connectivity index (χ0n) is 15.5. The van der Waals surface area contributed by atoms with Crippen molar-refractivity contribution in [3.05, 3.63) is 96.0 Å². The molecule has 5 heteroatoms. The highest BCUT2D eigenvalue weighted by Gasteiger charge is 2.22. The van der Waals surface area contributed by atoms with Gasteiger partial charge in [0.15, 0.2) is 5.76 Å². The Morgan fingerprint density at radius 2 is 1.79 bits per heavy atom. The number of nitrogens with one attached hydrogen (secondary N) is 1. The first-order valence-corrected chi connectivity index (χ1v) is 9.12. The number of furan rings is 1. The molecule has 1 amide bonds. The van der Waals surface area contributed by atoms with Crippen LogP contribution in [-0.4, -0.2) is 10.9 Å². The van der Waals surface area contributed by atoms with Crippen LogP contribution in [0.5, 0.6) is 5.75 Å². The van der Waals surface area contributed by atoms with Crippen LogP contribution in [0.15, 0.2) is 83.4 Å². The SMILES string of the molecule is CC(NC(=O)c1oc2ccccc2c1COc1ccccc1)c1ccccn1. The van der Waals surface area contributed by atoms with E-state index in [0.717, 1.165) is 22.4 Å². The molecule has 28 heavy (non-hydrogen) atoms. The van der Waals surface area contributed by atoms with Crippen LogP contribution < -0.4 is 10.1 Å². The van der Waals surface area contributed by atoms with Gasteiger partial charge in [0.25, 0.3) is 5.91 Å². The van der Waals surface area contributed by atoms with Crippen molar-refractivity contribution in [1.29, 1.82) is 0 Å². The molecule has 2 aromatic carbocycles. The largest absolute Gasteiger partial charge is 0.489 e. The summed E-state index contributed by atoms with van der Waals surface area (Å²) in [5.41, 5.74) is 2.17. The number of amides is 1. The summed E-state index contributed by atoms with van der Waals surface area (Å²) < 4.78 is 11.8. The zero-order chi connectivity index (χ0) is 19.3. The smallest absolute Gasteiger partial charge is 0.287 e. The molecule has 0 bridgehead atoms. The van der Waals surface area contributed by atoms with Crippen LogP contribution in [0.3, 0.4) is 0 Å². The number of carbonyl (C=O) groups excluding carboxylic acids is 1. The monoisotopic (exact) mass is 372 g/mol. The lowest BCUT2D eigenvalue weighted by Gasteiger charge is -2.13. The van der Waals surface area contributed by atoms with Crippen LogP contribution in [0.1, 0.15) is 34.8 Å². The van der Waals surface area contributed by atoms with E-state index in [4.69, 9.17) is 9.15 Å². The van der Waals surface area contributed by atoms with E-state index < -0.39 is 0 Å². The molecule has 5 nitrogen and oxygen atoms in total. The predicted octanol–water partition coefficient (Wildman–Crippen LogP) is 4.90. The summed E-state index contributed by atoms with van der Waals surface area (Å²) in [5, 5.41) is 3.83. The Kier molecular flexibility index (Phi) is 5.06. The molecular formula is C23H20N2O3. The van der Waals surface area contributed by atoms with Gasteiger partial charge in [0.05, 0.1) is 11.7 Å². The standard InChI is InChI=1S/C23H20N2O3/c1-16(20-12-7-8-14-24-20)25-23(26)22-19(15-27-17-9-3-2-4-10-17)18-11-5-6-13-21(18)28-22/h2-14,16H,15H2,1H3,(H,25,26). The third-order valence-corrected chi connectivity index (χ3v) is 4.51. The van der Waals surface area contributed by atoms with E-state index >= 15 is 0 Å². The van der Waals surface area contributed by atoms with Crippen LogP contribution in [0.4, 0.5) is 0 Å². The molecule has 1 unspecified atom stereocenters. The number of hydrogen-bond acceptors (Lipinski definition) is 4. The summed E-state index contributed by atoms with van der Waals surface area (Å²) in [6.45, 7) is 2.13. The van der Waals surface area contributed by atoms with E-state index in [9.17, 15) is 4.79 Å². The third-order valence-electron chi connectivity index (χ3n) is 4.51. The molecule has 4 rings (SSSR count). The molecule has 2 heterocycles. The Balaban J connectivity index is 1.61. The third kappa shape index (κ3) is 3.74. The topological polar surface area (TPSA) is 64.4 Å². The molecule has 0 aliphatic carbocycles. The Bertz CT molecular complexity index is 1070. The van der Waals surface area contributed by atoms with Crippen molar-refractivity contribution in [2.45, 2.75) is 19.6 Å². The molecule has 4 aromatic rings. The minimum absolute atomic E-state index is 0.238. The van der Waals surface area contributed by atoms with E-state index in [-0.39, 0.29) is 24.3 Å². The van der Waals surface area contributed by atoms with Crippen LogP contribution in [-0.2, 0) is 6.61 Å². The lowest BCUT2D eigenvalue weighted by atomic mass is 10.1. The van der Waals surface area contributed by atoms with Crippen LogP contribution in [0.2, 0.25) is 0 Å². The highest BCUT2D eigenvalue weighted by molar-refractivity contribution is 5.99. The number of hydrogen-bond donors (Lipinski definition) is 1. The summed E-state index contributed by atoms with van der Waals surface area (Å²) in [6, 6.07) is 22.5. The summed E-state index contributed by atoms with van der Waals surface area (Å²) in [7, 11) is 0. The second kappa shape index (κ2) is 7.96. The van der Waals surface area contributed by atoms with Gasteiger partial charge in [0, 0.05) is 17.1 Å². The van der Waals surface area contributed by atoms with Gasteiger partial charge in [-0.3, -0.25) is 9.78 Å². The van der Waals surface area contributed by atoms with Crippen LogP contribution in [0.25, 0.3) is 11.0 Å². The van der Waals surface area contributed by atoms with E-state index in [1.165, 1.54) is 0 Å². The van der Waals surface area contributed by atoms with Gasteiger partial charge in [-0.2, -0.15) is 0 Å². The molecule has 0 aliphatic heterocycles. The summed E-state index contributed by atoms with van der Waals surface area (Å²) in [4.78, 5) is 17.2.